The van der Waals surface area contributed by atoms with Crippen LogP contribution in [-0.2, 0) is 4.79 Å². The van der Waals surface area contributed by atoms with Crippen LogP contribution in [0.4, 0.5) is 0 Å². The van der Waals surface area contributed by atoms with Gasteiger partial charge in [-0.15, -0.1) is 0 Å². The Morgan fingerprint density at radius 1 is 1.53 bits per heavy atom. The number of hydrogen-bond acceptors (Lipinski definition) is 2. The molecular weight excluding hydrogens is 192 g/mol. The third-order valence-electron chi connectivity index (χ3n) is 2.93. The van der Waals surface area contributed by atoms with Gasteiger partial charge in [0.1, 0.15) is 6.54 Å². The molecule has 1 saturated heterocycles. The predicted molar refractivity (Wildman–Crippen MR) is 58.2 cm³/mol. The second kappa shape index (κ2) is 6.30. The fraction of sp³-hybridized carbons (Fsp3) is 0.900. The minimum absolute atomic E-state index is 0.0328. The molecule has 1 heterocycles. The first-order valence-corrected chi connectivity index (χ1v) is 5.56. The summed E-state index contributed by atoms with van der Waals surface area (Å²) < 4.78 is 0. The van der Waals surface area contributed by atoms with Crippen LogP contribution in [0.5, 0.6) is 0 Å². The van der Waals surface area contributed by atoms with Gasteiger partial charge < -0.3 is 4.90 Å². The van der Waals surface area contributed by atoms with Gasteiger partial charge >= 0.3 is 0 Å². The summed E-state index contributed by atoms with van der Waals surface area (Å²) >= 11 is 0. The molecule has 0 aromatic carbocycles. The second-order valence-electron chi connectivity index (χ2n) is 4.00. The van der Waals surface area contributed by atoms with E-state index in [4.69, 9.17) is 5.53 Å². The van der Waals surface area contributed by atoms with Crippen molar-refractivity contribution in [1.29, 1.82) is 0 Å². The van der Waals surface area contributed by atoms with E-state index in [2.05, 4.69) is 16.9 Å². The van der Waals surface area contributed by atoms with Crippen molar-refractivity contribution in [3.63, 3.8) is 0 Å². The van der Waals surface area contributed by atoms with Gasteiger partial charge in [0, 0.05) is 18.0 Å². The maximum atomic E-state index is 11.5. The third-order valence-corrected chi connectivity index (χ3v) is 2.93. The average molecular weight is 210 g/mol. The number of carbonyl (C=O) groups excluding carboxylic acids is 1. The molecule has 15 heavy (non-hydrogen) atoms. The van der Waals surface area contributed by atoms with Crippen molar-refractivity contribution >= 4 is 5.91 Å². The molecule has 5 heteroatoms. The van der Waals surface area contributed by atoms with Gasteiger partial charge in [0.05, 0.1) is 0 Å². The molecule has 0 aromatic heterocycles. The molecule has 0 atom stereocenters. The van der Waals surface area contributed by atoms with Crippen molar-refractivity contribution in [1.82, 2.24) is 4.90 Å². The maximum Gasteiger partial charge on any atom is 0.228 e. The number of likely N-dealkylation sites (tertiary alicyclic amines) is 1. The first-order valence-electron chi connectivity index (χ1n) is 5.56. The first-order chi connectivity index (χ1) is 7.27. The van der Waals surface area contributed by atoms with E-state index < -0.39 is 0 Å². The molecule has 0 radical (unpaired) electrons. The van der Waals surface area contributed by atoms with Crippen LogP contribution in [0.1, 0.15) is 32.6 Å². The lowest BCUT2D eigenvalue weighted by Crippen LogP contribution is -2.39. The Morgan fingerprint density at radius 2 is 2.20 bits per heavy atom. The van der Waals surface area contributed by atoms with Gasteiger partial charge in [-0.1, -0.05) is 24.9 Å². The number of piperidine rings is 1. The van der Waals surface area contributed by atoms with Gasteiger partial charge in [-0.3, -0.25) is 4.79 Å². The third kappa shape index (κ3) is 3.80. The maximum absolute atomic E-state index is 11.5. The zero-order chi connectivity index (χ0) is 11.1. The molecule has 1 aliphatic rings. The van der Waals surface area contributed by atoms with E-state index in [-0.39, 0.29) is 12.5 Å². The largest absolute Gasteiger partial charge is 0.343 e. The highest BCUT2D eigenvalue weighted by molar-refractivity contribution is 5.78. The molecule has 1 aliphatic heterocycles. The summed E-state index contributed by atoms with van der Waals surface area (Å²) in [6.45, 7) is 3.81. The molecule has 0 unspecified atom stereocenters. The molecule has 0 aliphatic carbocycles. The topological polar surface area (TPSA) is 69.1 Å². The lowest BCUT2D eigenvalue weighted by atomic mass is 9.92. The summed E-state index contributed by atoms with van der Waals surface area (Å²) in [5.74, 6) is 0.737. The first kappa shape index (κ1) is 11.9. The lowest BCUT2D eigenvalue weighted by molar-refractivity contribution is -0.131. The molecular formula is C10H18N4O. The zero-order valence-corrected chi connectivity index (χ0v) is 9.22. The van der Waals surface area contributed by atoms with Gasteiger partial charge in [-0.05, 0) is 24.3 Å². The minimum atomic E-state index is -0.0391. The van der Waals surface area contributed by atoms with Crippen molar-refractivity contribution in [3.05, 3.63) is 10.4 Å². The summed E-state index contributed by atoms with van der Waals surface area (Å²) in [5.41, 5.74) is 8.11. The molecule has 1 fully saturated rings. The average Bonchev–Trinajstić information content (AvgIpc) is 2.27. The number of amides is 1. The molecule has 0 aromatic rings. The van der Waals surface area contributed by atoms with Crippen LogP contribution in [-0.4, -0.2) is 30.4 Å². The highest BCUT2D eigenvalue weighted by Crippen LogP contribution is 2.21. The van der Waals surface area contributed by atoms with E-state index in [9.17, 15) is 4.79 Å². The van der Waals surface area contributed by atoms with Crippen LogP contribution in [0.2, 0.25) is 0 Å². The van der Waals surface area contributed by atoms with Gasteiger partial charge in [-0.2, -0.15) is 0 Å². The van der Waals surface area contributed by atoms with Crippen LogP contribution in [0.15, 0.2) is 5.11 Å². The highest BCUT2D eigenvalue weighted by Gasteiger charge is 2.21. The summed E-state index contributed by atoms with van der Waals surface area (Å²) in [5, 5.41) is 3.29. The fourth-order valence-corrected chi connectivity index (χ4v) is 2.07. The Hall–Kier alpha value is -1.22. The van der Waals surface area contributed by atoms with Gasteiger partial charge in [0.15, 0.2) is 0 Å². The van der Waals surface area contributed by atoms with E-state index in [1.807, 2.05) is 0 Å². The Kier molecular flexibility index (Phi) is 4.98. The van der Waals surface area contributed by atoms with E-state index in [0.29, 0.717) is 0 Å². The standard InChI is InChI=1S/C10H18N4O/c1-2-3-9-4-6-14(7-5-9)10(15)8-12-13-11/h9H,2-8H2,1H3. The molecule has 1 rings (SSSR count). The number of hydrogen-bond donors (Lipinski definition) is 0. The zero-order valence-electron chi connectivity index (χ0n) is 9.22. The van der Waals surface area contributed by atoms with E-state index in [1.165, 1.54) is 12.8 Å². The van der Waals surface area contributed by atoms with Crippen LogP contribution in [0.3, 0.4) is 0 Å². The van der Waals surface area contributed by atoms with Crippen molar-refractivity contribution in [2.24, 2.45) is 11.0 Å². The van der Waals surface area contributed by atoms with Gasteiger partial charge in [-0.25, -0.2) is 0 Å². The lowest BCUT2D eigenvalue weighted by Gasteiger charge is -2.31. The molecule has 0 saturated carbocycles. The fourth-order valence-electron chi connectivity index (χ4n) is 2.07. The summed E-state index contributed by atoms with van der Waals surface area (Å²) in [6, 6.07) is 0. The number of azide groups is 1. The van der Waals surface area contributed by atoms with E-state index in [0.717, 1.165) is 31.8 Å². The molecule has 84 valence electrons. The number of nitrogens with zero attached hydrogens (tertiary/aromatic N) is 4. The Bertz CT molecular complexity index is 252. The highest BCUT2D eigenvalue weighted by atomic mass is 16.2. The molecule has 0 bridgehead atoms. The Balaban J connectivity index is 2.30. The van der Waals surface area contributed by atoms with Crippen molar-refractivity contribution in [3.8, 4) is 0 Å². The molecule has 0 N–H and O–H groups in total. The Morgan fingerprint density at radius 3 is 2.73 bits per heavy atom. The van der Waals surface area contributed by atoms with Crippen LogP contribution < -0.4 is 0 Å². The molecule has 1 amide bonds. The number of rotatable bonds is 4. The van der Waals surface area contributed by atoms with Crippen LogP contribution >= 0.6 is 0 Å². The second-order valence-corrected chi connectivity index (χ2v) is 4.00. The van der Waals surface area contributed by atoms with Crippen LogP contribution in [0.25, 0.3) is 10.4 Å². The van der Waals surface area contributed by atoms with E-state index in [1.54, 1.807) is 4.90 Å². The SMILES string of the molecule is CCCC1CCN(C(=O)CN=[N+]=[N-])CC1. The summed E-state index contributed by atoms with van der Waals surface area (Å²) in [6.07, 6.45) is 4.67. The molecule has 5 nitrogen and oxygen atoms in total. The normalized spacial score (nSPS) is 17.3. The van der Waals surface area contributed by atoms with Crippen molar-refractivity contribution < 1.29 is 4.79 Å². The smallest absolute Gasteiger partial charge is 0.228 e. The van der Waals surface area contributed by atoms with E-state index >= 15 is 0 Å². The Labute approximate surface area is 90.1 Å². The van der Waals surface area contributed by atoms with Crippen molar-refractivity contribution in [2.75, 3.05) is 19.6 Å². The van der Waals surface area contributed by atoms with Crippen LogP contribution in [0, 0.1) is 5.92 Å². The van der Waals surface area contributed by atoms with Gasteiger partial charge in [0.25, 0.3) is 0 Å². The monoisotopic (exact) mass is 210 g/mol. The quantitative estimate of drug-likeness (QED) is 0.399. The predicted octanol–water partition coefficient (Wildman–Crippen LogP) is 2.34. The number of carbonyl (C=O) groups is 1. The minimum Gasteiger partial charge on any atom is -0.343 e. The summed E-state index contributed by atoms with van der Waals surface area (Å²) in [7, 11) is 0. The summed E-state index contributed by atoms with van der Waals surface area (Å²) in [4.78, 5) is 15.9. The molecule has 0 spiro atoms. The van der Waals surface area contributed by atoms with Crippen molar-refractivity contribution in [2.45, 2.75) is 32.6 Å². The van der Waals surface area contributed by atoms with Gasteiger partial charge in [0.2, 0.25) is 5.91 Å².